The second-order valence-corrected chi connectivity index (χ2v) is 5.92. The molecule has 1 aromatic rings. The van der Waals surface area contributed by atoms with Gasteiger partial charge in [-0.25, -0.2) is 0 Å². The summed E-state index contributed by atoms with van der Waals surface area (Å²) in [7, 11) is 3.42. The molecule has 4 heteroatoms. The number of benzene rings is 1. The van der Waals surface area contributed by atoms with Crippen LogP contribution in [0, 0.1) is 11.8 Å². The molecule has 0 aromatic heterocycles. The first-order valence-electron chi connectivity index (χ1n) is 7.39. The standard InChI is InChI=1S/C16H24N2O2/c1-11(18-9-12-7-17-8-13(12)10-18)15-5-4-14(19-2)6-16(15)20-3/h4-6,11-13,17H,7-10H2,1-3H3/t11?,12-,13+. The Balaban J connectivity index is 1.78. The van der Waals surface area contributed by atoms with E-state index in [1.807, 2.05) is 12.1 Å². The molecule has 110 valence electrons. The van der Waals surface area contributed by atoms with Crippen LogP contribution in [0.5, 0.6) is 11.5 Å². The Bertz CT molecular complexity index is 466. The lowest BCUT2D eigenvalue weighted by Crippen LogP contribution is -2.28. The Morgan fingerprint density at radius 2 is 1.85 bits per heavy atom. The zero-order valence-corrected chi connectivity index (χ0v) is 12.6. The summed E-state index contributed by atoms with van der Waals surface area (Å²) in [5.74, 6) is 3.41. The second kappa shape index (κ2) is 5.62. The summed E-state index contributed by atoms with van der Waals surface area (Å²) in [4.78, 5) is 2.58. The van der Waals surface area contributed by atoms with Crippen molar-refractivity contribution in [2.75, 3.05) is 40.4 Å². The molecule has 2 aliphatic heterocycles. The van der Waals surface area contributed by atoms with Crippen LogP contribution in [0.4, 0.5) is 0 Å². The van der Waals surface area contributed by atoms with E-state index in [-0.39, 0.29) is 0 Å². The van der Waals surface area contributed by atoms with E-state index in [1.165, 1.54) is 31.7 Å². The lowest BCUT2D eigenvalue weighted by atomic mass is 10.0. The number of hydrogen-bond donors (Lipinski definition) is 1. The van der Waals surface area contributed by atoms with E-state index in [9.17, 15) is 0 Å². The maximum atomic E-state index is 5.54. The number of nitrogens with zero attached hydrogens (tertiary/aromatic N) is 1. The highest BCUT2D eigenvalue weighted by molar-refractivity contribution is 5.42. The van der Waals surface area contributed by atoms with Gasteiger partial charge in [0, 0.05) is 30.8 Å². The van der Waals surface area contributed by atoms with E-state index in [0.717, 1.165) is 23.3 Å². The summed E-state index contributed by atoms with van der Waals surface area (Å²) in [6.45, 7) is 7.00. The van der Waals surface area contributed by atoms with Gasteiger partial charge in [0.15, 0.2) is 0 Å². The van der Waals surface area contributed by atoms with E-state index in [1.54, 1.807) is 14.2 Å². The third-order valence-electron chi connectivity index (χ3n) is 4.86. The molecule has 1 aromatic carbocycles. The van der Waals surface area contributed by atoms with Crippen LogP contribution in [0.2, 0.25) is 0 Å². The third-order valence-corrected chi connectivity index (χ3v) is 4.86. The molecule has 4 nitrogen and oxygen atoms in total. The normalized spacial score (nSPS) is 27.4. The number of rotatable bonds is 4. The van der Waals surface area contributed by atoms with Gasteiger partial charge in [0.2, 0.25) is 0 Å². The molecule has 0 bridgehead atoms. The van der Waals surface area contributed by atoms with Crippen molar-refractivity contribution >= 4 is 0 Å². The average Bonchev–Trinajstić information content (AvgIpc) is 3.07. The van der Waals surface area contributed by atoms with E-state index in [4.69, 9.17) is 9.47 Å². The third kappa shape index (κ3) is 2.38. The Morgan fingerprint density at radius 3 is 2.45 bits per heavy atom. The Morgan fingerprint density at radius 1 is 1.15 bits per heavy atom. The van der Waals surface area contributed by atoms with E-state index >= 15 is 0 Å². The van der Waals surface area contributed by atoms with Gasteiger partial charge in [-0.2, -0.15) is 0 Å². The molecule has 0 amide bonds. The van der Waals surface area contributed by atoms with Gasteiger partial charge in [-0.15, -0.1) is 0 Å². The minimum absolute atomic E-state index is 0.390. The number of nitrogens with one attached hydrogen (secondary N) is 1. The summed E-state index contributed by atoms with van der Waals surface area (Å²) in [6, 6.07) is 6.52. The molecule has 1 N–H and O–H groups in total. The SMILES string of the molecule is COc1ccc(C(C)N2C[C@H]3CNC[C@H]3C2)c(OC)c1. The molecule has 3 rings (SSSR count). The summed E-state index contributed by atoms with van der Waals surface area (Å²) in [5, 5.41) is 3.49. The van der Waals surface area contributed by atoms with Gasteiger partial charge in [-0.1, -0.05) is 6.07 Å². The first-order chi connectivity index (χ1) is 9.72. The van der Waals surface area contributed by atoms with Crippen molar-refractivity contribution in [2.24, 2.45) is 11.8 Å². The van der Waals surface area contributed by atoms with Crippen LogP contribution in [0.15, 0.2) is 18.2 Å². The minimum atomic E-state index is 0.390. The molecule has 2 aliphatic rings. The van der Waals surface area contributed by atoms with Crippen LogP contribution in [-0.2, 0) is 0 Å². The average molecular weight is 276 g/mol. The Hall–Kier alpha value is -1.26. The fraction of sp³-hybridized carbons (Fsp3) is 0.625. The van der Waals surface area contributed by atoms with E-state index in [2.05, 4.69) is 23.2 Å². The molecule has 1 unspecified atom stereocenters. The quantitative estimate of drug-likeness (QED) is 0.911. The van der Waals surface area contributed by atoms with Crippen LogP contribution in [-0.4, -0.2) is 45.3 Å². The lowest BCUT2D eigenvalue weighted by Gasteiger charge is -2.27. The van der Waals surface area contributed by atoms with Crippen molar-refractivity contribution in [1.82, 2.24) is 10.2 Å². The Labute approximate surface area is 121 Å². The summed E-state index contributed by atoms with van der Waals surface area (Å²) < 4.78 is 10.8. The lowest BCUT2D eigenvalue weighted by molar-refractivity contribution is 0.238. The predicted molar refractivity (Wildman–Crippen MR) is 79.4 cm³/mol. The Kier molecular flexibility index (Phi) is 3.85. The van der Waals surface area contributed by atoms with Gasteiger partial charge in [-0.3, -0.25) is 4.90 Å². The highest BCUT2D eigenvalue weighted by atomic mass is 16.5. The number of hydrogen-bond acceptors (Lipinski definition) is 4. The first kappa shape index (κ1) is 13.7. The van der Waals surface area contributed by atoms with E-state index in [0.29, 0.717) is 6.04 Å². The van der Waals surface area contributed by atoms with Gasteiger partial charge < -0.3 is 14.8 Å². The molecule has 2 heterocycles. The molecule has 2 saturated heterocycles. The van der Waals surface area contributed by atoms with Gasteiger partial charge in [-0.05, 0) is 37.9 Å². The molecule has 0 radical (unpaired) electrons. The summed E-state index contributed by atoms with van der Waals surface area (Å²) >= 11 is 0. The fourth-order valence-electron chi connectivity index (χ4n) is 3.57. The van der Waals surface area contributed by atoms with Crippen LogP contribution in [0.25, 0.3) is 0 Å². The monoisotopic (exact) mass is 276 g/mol. The van der Waals surface area contributed by atoms with Crippen molar-refractivity contribution in [1.29, 1.82) is 0 Å². The maximum absolute atomic E-state index is 5.54. The van der Waals surface area contributed by atoms with Crippen molar-refractivity contribution in [3.63, 3.8) is 0 Å². The van der Waals surface area contributed by atoms with Crippen molar-refractivity contribution in [3.05, 3.63) is 23.8 Å². The van der Waals surface area contributed by atoms with Crippen LogP contribution >= 0.6 is 0 Å². The van der Waals surface area contributed by atoms with Crippen LogP contribution in [0.1, 0.15) is 18.5 Å². The van der Waals surface area contributed by atoms with Gasteiger partial charge in [0.05, 0.1) is 14.2 Å². The van der Waals surface area contributed by atoms with Crippen molar-refractivity contribution in [2.45, 2.75) is 13.0 Å². The van der Waals surface area contributed by atoms with Crippen molar-refractivity contribution < 1.29 is 9.47 Å². The summed E-state index contributed by atoms with van der Waals surface area (Å²) in [5.41, 5.74) is 1.25. The molecule has 0 aliphatic carbocycles. The topological polar surface area (TPSA) is 33.7 Å². The maximum Gasteiger partial charge on any atom is 0.127 e. The number of ether oxygens (including phenoxy) is 2. The molecular weight excluding hydrogens is 252 g/mol. The molecule has 3 atom stereocenters. The fourth-order valence-corrected chi connectivity index (χ4v) is 3.57. The highest BCUT2D eigenvalue weighted by Gasteiger charge is 2.38. The molecule has 0 saturated carbocycles. The highest BCUT2D eigenvalue weighted by Crippen LogP contribution is 2.37. The molecule has 0 spiro atoms. The first-order valence-corrected chi connectivity index (χ1v) is 7.39. The number of likely N-dealkylation sites (tertiary alicyclic amines) is 1. The zero-order valence-electron chi connectivity index (χ0n) is 12.6. The van der Waals surface area contributed by atoms with Crippen molar-refractivity contribution in [3.8, 4) is 11.5 Å². The second-order valence-electron chi connectivity index (χ2n) is 5.92. The van der Waals surface area contributed by atoms with Gasteiger partial charge >= 0.3 is 0 Å². The number of methoxy groups -OCH3 is 2. The largest absolute Gasteiger partial charge is 0.497 e. The predicted octanol–water partition coefficient (Wildman–Crippen LogP) is 1.92. The zero-order chi connectivity index (χ0) is 14.1. The molecule has 20 heavy (non-hydrogen) atoms. The van der Waals surface area contributed by atoms with Gasteiger partial charge in [0.1, 0.15) is 11.5 Å². The molecule has 2 fully saturated rings. The smallest absolute Gasteiger partial charge is 0.127 e. The van der Waals surface area contributed by atoms with Crippen LogP contribution < -0.4 is 14.8 Å². The molecular formula is C16H24N2O2. The minimum Gasteiger partial charge on any atom is -0.497 e. The van der Waals surface area contributed by atoms with E-state index < -0.39 is 0 Å². The van der Waals surface area contributed by atoms with Crippen LogP contribution in [0.3, 0.4) is 0 Å². The number of fused-ring (bicyclic) bond motifs is 1. The summed E-state index contributed by atoms with van der Waals surface area (Å²) in [6.07, 6.45) is 0. The van der Waals surface area contributed by atoms with Gasteiger partial charge in [0.25, 0.3) is 0 Å².